The van der Waals surface area contributed by atoms with Crippen molar-refractivity contribution in [3.63, 3.8) is 0 Å². The van der Waals surface area contributed by atoms with Gasteiger partial charge < -0.3 is 5.11 Å². The fourth-order valence-corrected chi connectivity index (χ4v) is 0.874. The molecule has 0 unspecified atom stereocenters. The first kappa shape index (κ1) is 8.35. The molecule has 0 aliphatic carbocycles. The van der Waals surface area contributed by atoms with Crippen LogP contribution in [0.3, 0.4) is 0 Å². The summed E-state index contributed by atoms with van der Waals surface area (Å²) >= 11 is 0. The molecule has 0 radical (unpaired) electrons. The predicted molar refractivity (Wildman–Crippen MR) is 46.5 cm³/mol. The molecule has 0 fully saturated rings. The van der Waals surface area contributed by atoms with Crippen LogP contribution in [0.25, 0.3) is 0 Å². The van der Waals surface area contributed by atoms with E-state index in [1.54, 1.807) is 6.07 Å². The monoisotopic (exact) mass is 159 g/mol. The molecule has 0 spiro atoms. The van der Waals surface area contributed by atoms with Crippen LogP contribution >= 0.6 is 0 Å². The zero-order valence-electron chi connectivity index (χ0n) is 6.57. The van der Waals surface area contributed by atoms with Crippen LogP contribution in [0, 0.1) is 11.3 Å². The summed E-state index contributed by atoms with van der Waals surface area (Å²) in [5.41, 5.74) is 1.08. The van der Waals surface area contributed by atoms with Gasteiger partial charge in [-0.2, -0.15) is 5.26 Å². The lowest BCUT2D eigenvalue weighted by atomic mass is 10.1. The van der Waals surface area contributed by atoms with Gasteiger partial charge in [0, 0.05) is 0 Å². The lowest BCUT2D eigenvalue weighted by molar-refractivity contribution is 0.434. The lowest BCUT2D eigenvalue weighted by Crippen LogP contribution is -1.81. The van der Waals surface area contributed by atoms with Crippen LogP contribution < -0.4 is 0 Å². The number of hydrogen-bond acceptors (Lipinski definition) is 2. The molecule has 1 rings (SSSR count). The fourth-order valence-electron chi connectivity index (χ4n) is 0.874. The maximum atomic E-state index is 8.82. The molecule has 0 amide bonds. The van der Waals surface area contributed by atoms with Crippen LogP contribution in [0.4, 0.5) is 0 Å². The third-order valence-electron chi connectivity index (χ3n) is 1.49. The van der Waals surface area contributed by atoms with E-state index in [2.05, 4.69) is 0 Å². The topological polar surface area (TPSA) is 44.0 Å². The number of hydrogen-bond donors (Lipinski definition) is 1. The summed E-state index contributed by atoms with van der Waals surface area (Å²) in [5, 5.41) is 17.1. The van der Waals surface area contributed by atoms with Gasteiger partial charge in [-0.3, -0.25) is 0 Å². The molecule has 0 aromatic heterocycles. The van der Waals surface area contributed by atoms with Gasteiger partial charge in [0.2, 0.25) is 0 Å². The normalized spacial score (nSPS) is 10.8. The van der Waals surface area contributed by atoms with E-state index in [1.807, 2.05) is 30.3 Å². The molecule has 0 bridgehead atoms. The third-order valence-corrected chi connectivity index (χ3v) is 1.49. The second-order valence-electron chi connectivity index (χ2n) is 2.39. The minimum absolute atomic E-state index is 0.223. The summed E-state index contributed by atoms with van der Waals surface area (Å²) in [6.07, 6.45) is 2.09. The number of allylic oxidation sites excluding steroid dienone is 2. The molecule has 2 nitrogen and oxygen atoms in total. The van der Waals surface area contributed by atoms with Crippen molar-refractivity contribution in [2.24, 2.45) is 0 Å². The van der Waals surface area contributed by atoms with E-state index in [0.29, 0.717) is 6.42 Å². The highest BCUT2D eigenvalue weighted by Crippen LogP contribution is 2.01. The number of aliphatic hydroxyl groups is 1. The van der Waals surface area contributed by atoms with Crippen LogP contribution in [0.1, 0.15) is 5.56 Å². The van der Waals surface area contributed by atoms with Crippen LogP contribution in [0.15, 0.2) is 42.2 Å². The average molecular weight is 159 g/mol. The largest absolute Gasteiger partial charge is 0.500 e. The van der Waals surface area contributed by atoms with Crippen LogP contribution in [0.5, 0.6) is 0 Å². The predicted octanol–water partition coefficient (Wildman–Crippen LogP) is 2.19. The van der Waals surface area contributed by atoms with Crippen molar-refractivity contribution in [1.29, 1.82) is 5.26 Å². The van der Waals surface area contributed by atoms with Gasteiger partial charge in [-0.1, -0.05) is 30.3 Å². The van der Waals surface area contributed by atoms with Crippen LogP contribution in [-0.4, -0.2) is 5.11 Å². The van der Waals surface area contributed by atoms with E-state index in [-0.39, 0.29) is 5.76 Å². The standard InChI is InChI=1S/C10H9NO/c11-8-10(12)7-6-9-4-2-1-3-5-9/h1-5,7,12H,6H2/b10-7-. The summed E-state index contributed by atoms with van der Waals surface area (Å²) in [7, 11) is 0. The van der Waals surface area contributed by atoms with Gasteiger partial charge in [-0.15, -0.1) is 0 Å². The second kappa shape index (κ2) is 4.20. The SMILES string of the molecule is N#C/C(O)=C/Cc1ccccc1. The van der Waals surface area contributed by atoms with Gasteiger partial charge in [0.1, 0.15) is 6.07 Å². The quantitative estimate of drug-likeness (QED) is 0.408. The van der Waals surface area contributed by atoms with Crippen LogP contribution in [-0.2, 0) is 6.42 Å². The fraction of sp³-hybridized carbons (Fsp3) is 0.100. The zero-order valence-corrected chi connectivity index (χ0v) is 6.57. The summed E-state index contributed by atoms with van der Waals surface area (Å²) in [6, 6.07) is 11.3. The Labute approximate surface area is 71.4 Å². The Hall–Kier alpha value is -1.75. The molecule has 0 saturated carbocycles. The van der Waals surface area contributed by atoms with Gasteiger partial charge in [0.25, 0.3) is 0 Å². The third kappa shape index (κ3) is 2.47. The minimum atomic E-state index is -0.223. The van der Waals surface area contributed by atoms with Crippen molar-refractivity contribution in [2.45, 2.75) is 6.42 Å². The van der Waals surface area contributed by atoms with E-state index in [9.17, 15) is 0 Å². The number of benzene rings is 1. The van der Waals surface area contributed by atoms with E-state index in [1.165, 1.54) is 6.08 Å². The molecule has 12 heavy (non-hydrogen) atoms. The minimum Gasteiger partial charge on any atom is -0.500 e. The van der Waals surface area contributed by atoms with Crippen molar-refractivity contribution < 1.29 is 5.11 Å². The van der Waals surface area contributed by atoms with Crippen molar-refractivity contribution in [1.82, 2.24) is 0 Å². The van der Waals surface area contributed by atoms with Crippen molar-refractivity contribution >= 4 is 0 Å². The summed E-state index contributed by atoms with van der Waals surface area (Å²) in [5.74, 6) is -0.223. The van der Waals surface area contributed by atoms with Gasteiger partial charge in [-0.25, -0.2) is 0 Å². The van der Waals surface area contributed by atoms with Gasteiger partial charge in [-0.05, 0) is 18.1 Å². The molecular weight excluding hydrogens is 150 g/mol. The molecule has 1 aromatic rings. The molecule has 1 aromatic carbocycles. The summed E-state index contributed by atoms with van der Waals surface area (Å²) < 4.78 is 0. The molecular formula is C10H9NO. The Morgan fingerprint density at radius 3 is 2.67 bits per heavy atom. The number of nitriles is 1. The van der Waals surface area contributed by atoms with Crippen molar-refractivity contribution in [3.8, 4) is 6.07 Å². The van der Waals surface area contributed by atoms with Gasteiger partial charge >= 0.3 is 0 Å². The first-order valence-corrected chi connectivity index (χ1v) is 3.66. The lowest BCUT2D eigenvalue weighted by Gasteiger charge is -1.93. The highest BCUT2D eigenvalue weighted by Gasteiger charge is 1.89. The molecule has 1 N–H and O–H groups in total. The van der Waals surface area contributed by atoms with E-state index in [0.717, 1.165) is 5.56 Å². The Morgan fingerprint density at radius 2 is 2.08 bits per heavy atom. The molecule has 0 heterocycles. The molecule has 60 valence electrons. The molecule has 2 heteroatoms. The first-order valence-electron chi connectivity index (χ1n) is 3.66. The van der Waals surface area contributed by atoms with Crippen LogP contribution in [0.2, 0.25) is 0 Å². The average Bonchev–Trinajstić information content (AvgIpc) is 2.16. The number of rotatable bonds is 2. The number of aliphatic hydroxyl groups excluding tert-OH is 1. The molecule has 0 atom stereocenters. The number of nitrogens with zero attached hydrogens (tertiary/aromatic N) is 1. The summed E-state index contributed by atoms with van der Waals surface area (Å²) in [4.78, 5) is 0. The van der Waals surface area contributed by atoms with Gasteiger partial charge in [0.05, 0.1) is 0 Å². The highest BCUT2D eigenvalue weighted by atomic mass is 16.3. The first-order chi connectivity index (χ1) is 5.83. The Kier molecular flexibility index (Phi) is 2.92. The molecule has 0 aliphatic rings. The van der Waals surface area contributed by atoms with E-state index >= 15 is 0 Å². The van der Waals surface area contributed by atoms with E-state index < -0.39 is 0 Å². The van der Waals surface area contributed by atoms with Crippen molar-refractivity contribution in [2.75, 3.05) is 0 Å². The van der Waals surface area contributed by atoms with Gasteiger partial charge in [0.15, 0.2) is 5.76 Å². The smallest absolute Gasteiger partial charge is 0.190 e. The van der Waals surface area contributed by atoms with Crippen molar-refractivity contribution in [3.05, 3.63) is 47.7 Å². The maximum absolute atomic E-state index is 8.82. The van der Waals surface area contributed by atoms with E-state index in [4.69, 9.17) is 10.4 Å². The highest BCUT2D eigenvalue weighted by molar-refractivity contribution is 5.21. The Bertz CT molecular complexity index is 308. The molecule has 0 aliphatic heterocycles. The Balaban J connectivity index is 2.61. The second-order valence-corrected chi connectivity index (χ2v) is 2.39. The zero-order chi connectivity index (χ0) is 8.81. The Morgan fingerprint density at radius 1 is 1.42 bits per heavy atom. The molecule has 0 saturated heterocycles. The maximum Gasteiger partial charge on any atom is 0.190 e. The summed E-state index contributed by atoms with van der Waals surface area (Å²) in [6.45, 7) is 0.